The second-order valence-electron chi connectivity index (χ2n) is 5.28. The minimum atomic E-state index is -0.364. The Hall–Kier alpha value is -2.76. The van der Waals surface area contributed by atoms with Gasteiger partial charge in [-0.3, -0.25) is 9.59 Å². The molecule has 2 rings (SSSR count). The number of ether oxygens (including phenoxy) is 2. The predicted molar refractivity (Wildman–Crippen MR) is 91.9 cm³/mol. The summed E-state index contributed by atoms with van der Waals surface area (Å²) in [5, 5.41) is 2.69. The summed E-state index contributed by atoms with van der Waals surface area (Å²) in [6.45, 7) is 2.83. The Balaban J connectivity index is 1.78. The highest BCUT2D eigenvalue weighted by molar-refractivity contribution is 5.92. The molecule has 6 heteroatoms. The van der Waals surface area contributed by atoms with Crippen molar-refractivity contribution in [3.63, 3.8) is 0 Å². The molecule has 0 atom stereocenters. The Morgan fingerprint density at radius 1 is 1.25 bits per heavy atom. The Bertz CT molecular complexity index is 723. The van der Waals surface area contributed by atoms with Gasteiger partial charge in [-0.05, 0) is 24.1 Å². The summed E-state index contributed by atoms with van der Waals surface area (Å²) < 4.78 is 10.4. The molecule has 1 heterocycles. The van der Waals surface area contributed by atoms with Gasteiger partial charge in [0, 0.05) is 12.3 Å². The molecule has 1 amide bonds. The van der Waals surface area contributed by atoms with Crippen molar-refractivity contribution in [2.75, 3.05) is 20.3 Å². The van der Waals surface area contributed by atoms with Crippen molar-refractivity contribution in [3.8, 4) is 11.5 Å². The number of methoxy groups -OCH3 is 1. The van der Waals surface area contributed by atoms with Gasteiger partial charge in [0.2, 0.25) is 5.43 Å². The summed E-state index contributed by atoms with van der Waals surface area (Å²) in [5.74, 6) is 0.569. The summed E-state index contributed by atoms with van der Waals surface area (Å²) in [7, 11) is 1.40. The fourth-order valence-corrected chi connectivity index (χ4v) is 2.22. The van der Waals surface area contributed by atoms with E-state index < -0.39 is 0 Å². The van der Waals surface area contributed by atoms with E-state index in [0.29, 0.717) is 13.2 Å². The van der Waals surface area contributed by atoms with Gasteiger partial charge >= 0.3 is 0 Å². The number of nitrogens with one attached hydrogen (secondary N) is 2. The standard InChI is InChI=1S/C18H22N2O4/c1-3-4-13-5-7-14(8-6-13)24-10-9-19-18(22)15-11-16(21)17(23-2)12-20-15/h5-8,11-12H,3-4,9-10H2,1-2H3,(H,19,22)(H,20,21). The van der Waals surface area contributed by atoms with Crippen LogP contribution < -0.4 is 20.2 Å². The molecule has 0 bridgehead atoms. The molecular weight excluding hydrogens is 308 g/mol. The average molecular weight is 330 g/mol. The van der Waals surface area contributed by atoms with Crippen molar-refractivity contribution >= 4 is 5.91 Å². The molecule has 24 heavy (non-hydrogen) atoms. The first kappa shape index (κ1) is 17.6. The first-order valence-electron chi connectivity index (χ1n) is 7.90. The van der Waals surface area contributed by atoms with Crippen LogP contribution in [-0.2, 0) is 6.42 Å². The van der Waals surface area contributed by atoms with E-state index in [9.17, 15) is 9.59 Å². The highest BCUT2D eigenvalue weighted by Crippen LogP contribution is 2.13. The van der Waals surface area contributed by atoms with E-state index >= 15 is 0 Å². The van der Waals surface area contributed by atoms with Gasteiger partial charge in [0.05, 0.1) is 13.7 Å². The highest BCUT2D eigenvalue weighted by atomic mass is 16.5. The number of carbonyl (C=O) groups is 1. The number of benzene rings is 1. The molecule has 1 aromatic carbocycles. The summed E-state index contributed by atoms with van der Waals surface area (Å²) >= 11 is 0. The molecule has 0 spiro atoms. The molecule has 0 radical (unpaired) electrons. The zero-order valence-corrected chi connectivity index (χ0v) is 13.9. The van der Waals surface area contributed by atoms with Gasteiger partial charge in [-0.1, -0.05) is 25.5 Å². The number of rotatable bonds is 8. The Morgan fingerprint density at radius 3 is 2.62 bits per heavy atom. The molecular formula is C18H22N2O4. The lowest BCUT2D eigenvalue weighted by Crippen LogP contribution is -2.29. The van der Waals surface area contributed by atoms with Gasteiger partial charge in [0.25, 0.3) is 5.91 Å². The molecule has 2 N–H and O–H groups in total. The quantitative estimate of drug-likeness (QED) is 0.727. The van der Waals surface area contributed by atoms with Crippen LogP contribution >= 0.6 is 0 Å². The molecule has 1 aromatic heterocycles. The van der Waals surface area contributed by atoms with Crippen LogP contribution in [0, 0.1) is 0 Å². The van der Waals surface area contributed by atoms with Crippen molar-refractivity contribution in [2.45, 2.75) is 19.8 Å². The fraction of sp³-hybridized carbons (Fsp3) is 0.333. The van der Waals surface area contributed by atoms with Crippen molar-refractivity contribution in [1.82, 2.24) is 10.3 Å². The van der Waals surface area contributed by atoms with Gasteiger partial charge in [0.15, 0.2) is 5.75 Å². The van der Waals surface area contributed by atoms with E-state index in [0.717, 1.165) is 18.6 Å². The summed E-state index contributed by atoms with van der Waals surface area (Å²) in [4.78, 5) is 26.3. The van der Waals surface area contributed by atoms with E-state index in [4.69, 9.17) is 9.47 Å². The third-order valence-corrected chi connectivity index (χ3v) is 3.46. The zero-order valence-electron chi connectivity index (χ0n) is 13.9. The lowest BCUT2D eigenvalue weighted by Gasteiger charge is -2.09. The van der Waals surface area contributed by atoms with E-state index in [2.05, 4.69) is 17.2 Å². The van der Waals surface area contributed by atoms with Crippen LogP contribution in [0.2, 0.25) is 0 Å². The Labute approximate surface area is 140 Å². The average Bonchev–Trinajstić information content (AvgIpc) is 2.60. The normalized spacial score (nSPS) is 10.2. The molecule has 6 nitrogen and oxygen atoms in total. The number of hydrogen-bond acceptors (Lipinski definition) is 4. The largest absolute Gasteiger partial charge is 0.492 e. The third kappa shape index (κ3) is 4.87. The van der Waals surface area contributed by atoms with Crippen LogP contribution in [0.25, 0.3) is 0 Å². The smallest absolute Gasteiger partial charge is 0.267 e. The highest BCUT2D eigenvalue weighted by Gasteiger charge is 2.08. The Kier molecular flexibility index (Phi) is 6.42. The van der Waals surface area contributed by atoms with Gasteiger partial charge in [0.1, 0.15) is 18.1 Å². The van der Waals surface area contributed by atoms with E-state index in [1.807, 2.05) is 24.3 Å². The van der Waals surface area contributed by atoms with Crippen LogP contribution in [0.1, 0.15) is 29.4 Å². The lowest BCUT2D eigenvalue weighted by atomic mass is 10.1. The van der Waals surface area contributed by atoms with Crippen LogP contribution in [0.5, 0.6) is 11.5 Å². The SMILES string of the molecule is CCCc1ccc(OCCNC(=O)c2cc(=O)c(OC)c[nH]2)cc1. The predicted octanol–water partition coefficient (Wildman–Crippen LogP) is 2.14. The second kappa shape index (κ2) is 8.76. The fourth-order valence-electron chi connectivity index (χ4n) is 2.22. The molecule has 0 unspecified atom stereocenters. The molecule has 0 saturated carbocycles. The molecule has 0 fully saturated rings. The van der Waals surface area contributed by atoms with Crippen molar-refractivity contribution < 1.29 is 14.3 Å². The van der Waals surface area contributed by atoms with Crippen LogP contribution in [0.4, 0.5) is 0 Å². The van der Waals surface area contributed by atoms with Crippen molar-refractivity contribution in [1.29, 1.82) is 0 Å². The number of aromatic amines is 1. The minimum Gasteiger partial charge on any atom is -0.492 e. The lowest BCUT2D eigenvalue weighted by molar-refractivity contribution is 0.0942. The molecule has 0 aliphatic carbocycles. The van der Waals surface area contributed by atoms with Crippen molar-refractivity contribution in [3.05, 3.63) is 58.0 Å². The number of carbonyl (C=O) groups excluding carboxylic acids is 1. The molecule has 0 aliphatic heterocycles. The number of pyridine rings is 1. The van der Waals surface area contributed by atoms with E-state index in [1.165, 1.54) is 24.9 Å². The van der Waals surface area contributed by atoms with Gasteiger partial charge in [-0.15, -0.1) is 0 Å². The topological polar surface area (TPSA) is 80.4 Å². The number of hydrogen-bond donors (Lipinski definition) is 2. The first-order chi connectivity index (χ1) is 11.6. The summed E-state index contributed by atoms with van der Waals surface area (Å²) in [5.41, 5.74) is 1.12. The maximum absolute atomic E-state index is 11.9. The monoisotopic (exact) mass is 330 g/mol. The third-order valence-electron chi connectivity index (χ3n) is 3.46. The van der Waals surface area contributed by atoms with E-state index in [-0.39, 0.29) is 22.8 Å². The number of amides is 1. The number of H-pyrrole nitrogens is 1. The van der Waals surface area contributed by atoms with Crippen LogP contribution in [0.15, 0.2) is 41.3 Å². The Morgan fingerprint density at radius 2 is 2.00 bits per heavy atom. The maximum atomic E-state index is 11.9. The molecule has 2 aromatic rings. The molecule has 0 saturated heterocycles. The first-order valence-corrected chi connectivity index (χ1v) is 7.90. The number of aryl methyl sites for hydroxylation is 1. The second-order valence-corrected chi connectivity index (χ2v) is 5.28. The van der Waals surface area contributed by atoms with Crippen molar-refractivity contribution in [2.24, 2.45) is 0 Å². The van der Waals surface area contributed by atoms with Gasteiger partial charge in [-0.25, -0.2) is 0 Å². The van der Waals surface area contributed by atoms with Gasteiger partial charge < -0.3 is 19.8 Å². The van der Waals surface area contributed by atoms with Crippen LogP contribution in [0.3, 0.4) is 0 Å². The van der Waals surface area contributed by atoms with Crippen LogP contribution in [-0.4, -0.2) is 31.2 Å². The minimum absolute atomic E-state index is 0.168. The number of aromatic nitrogens is 1. The van der Waals surface area contributed by atoms with E-state index in [1.54, 1.807) is 0 Å². The summed E-state index contributed by atoms with van der Waals surface area (Å²) in [6, 6.07) is 9.14. The summed E-state index contributed by atoms with van der Waals surface area (Å²) in [6.07, 6.45) is 3.53. The molecule has 0 aliphatic rings. The molecule has 128 valence electrons. The zero-order chi connectivity index (χ0) is 17.4. The van der Waals surface area contributed by atoms with Gasteiger partial charge in [-0.2, -0.15) is 0 Å². The maximum Gasteiger partial charge on any atom is 0.267 e.